The standard InChI is InChI=1S/C12H12N2O3/c15-11-9-6-8(14(16)17)2-3-10(9)12(7-13-11)4-1-5-12/h2-3,6H,1,4-5,7H2,(H,13,15). The molecule has 0 atom stereocenters. The van der Waals surface area contributed by atoms with Gasteiger partial charge in [-0.15, -0.1) is 0 Å². The van der Waals surface area contributed by atoms with Crippen LogP contribution in [-0.4, -0.2) is 17.4 Å². The lowest BCUT2D eigenvalue weighted by Gasteiger charge is -2.45. The molecule has 5 heteroatoms. The summed E-state index contributed by atoms with van der Waals surface area (Å²) in [4.78, 5) is 22.0. The van der Waals surface area contributed by atoms with Crippen molar-refractivity contribution in [2.75, 3.05) is 6.54 Å². The highest BCUT2D eigenvalue weighted by atomic mass is 16.6. The lowest BCUT2D eigenvalue weighted by atomic mass is 9.62. The second-order valence-electron chi connectivity index (χ2n) is 4.80. The molecular formula is C12H12N2O3. The molecule has 0 radical (unpaired) electrons. The molecule has 1 aliphatic heterocycles. The summed E-state index contributed by atoms with van der Waals surface area (Å²) in [7, 11) is 0. The SMILES string of the molecule is O=C1NCC2(CCC2)c2ccc([N+](=O)[O-])cc21. The van der Waals surface area contributed by atoms with Gasteiger partial charge in [0.25, 0.3) is 11.6 Å². The van der Waals surface area contributed by atoms with Gasteiger partial charge in [0.05, 0.1) is 4.92 Å². The van der Waals surface area contributed by atoms with Crippen molar-refractivity contribution < 1.29 is 9.72 Å². The summed E-state index contributed by atoms with van der Waals surface area (Å²) in [6.45, 7) is 0.663. The van der Waals surface area contributed by atoms with E-state index in [-0.39, 0.29) is 17.0 Å². The molecule has 2 aliphatic rings. The smallest absolute Gasteiger partial charge is 0.270 e. The second-order valence-corrected chi connectivity index (χ2v) is 4.80. The van der Waals surface area contributed by atoms with Crippen molar-refractivity contribution in [3.05, 3.63) is 39.4 Å². The van der Waals surface area contributed by atoms with E-state index in [2.05, 4.69) is 5.32 Å². The molecule has 88 valence electrons. The van der Waals surface area contributed by atoms with E-state index in [1.165, 1.54) is 12.1 Å². The zero-order valence-electron chi connectivity index (χ0n) is 9.23. The minimum absolute atomic E-state index is 0.0183. The molecule has 17 heavy (non-hydrogen) atoms. The number of hydrogen-bond acceptors (Lipinski definition) is 3. The van der Waals surface area contributed by atoms with Crippen LogP contribution in [0.15, 0.2) is 18.2 Å². The summed E-state index contributed by atoms with van der Waals surface area (Å²) >= 11 is 0. The van der Waals surface area contributed by atoms with Crippen molar-refractivity contribution >= 4 is 11.6 Å². The van der Waals surface area contributed by atoms with E-state index in [1.54, 1.807) is 6.07 Å². The first-order valence-electron chi connectivity index (χ1n) is 5.70. The average Bonchev–Trinajstić information content (AvgIpc) is 2.27. The molecule has 3 rings (SSSR count). The first-order valence-corrected chi connectivity index (χ1v) is 5.70. The van der Waals surface area contributed by atoms with Crippen LogP contribution in [0.25, 0.3) is 0 Å². The number of nitrogens with one attached hydrogen (secondary N) is 1. The van der Waals surface area contributed by atoms with Gasteiger partial charge in [0.2, 0.25) is 0 Å². The van der Waals surface area contributed by atoms with E-state index in [0.29, 0.717) is 12.1 Å². The third-order valence-corrected chi connectivity index (χ3v) is 3.93. The molecule has 1 saturated carbocycles. The van der Waals surface area contributed by atoms with Crippen molar-refractivity contribution in [3.8, 4) is 0 Å². The van der Waals surface area contributed by atoms with Gasteiger partial charge in [-0.2, -0.15) is 0 Å². The van der Waals surface area contributed by atoms with Crippen LogP contribution in [0.1, 0.15) is 35.2 Å². The van der Waals surface area contributed by atoms with Crippen LogP contribution in [0.2, 0.25) is 0 Å². The predicted molar refractivity (Wildman–Crippen MR) is 61.0 cm³/mol. The highest BCUT2D eigenvalue weighted by molar-refractivity contribution is 5.98. The Kier molecular flexibility index (Phi) is 1.98. The van der Waals surface area contributed by atoms with E-state index in [9.17, 15) is 14.9 Å². The van der Waals surface area contributed by atoms with Crippen LogP contribution in [0.5, 0.6) is 0 Å². The third kappa shape index (κ3) is 1.35. The fourth-order valence-electron chi connectivity index (χ4n) is 2.79. The molecule has 1 aromatic carbocycles. The Balaban J connectivity index is 2.14. The van der Waals surface area contributed by atoms with Gasteiger partial charge >= 0.3 is 0 Å². The van der Waals surface area contributed by atoms with Crippen LogP contribution in [0.3, 0.4) is 0 Å². The maximum absolute atomic E-state index is 11.8. The summed E-state index contributed by atoms with van der Waals surface area (Å²) in [5, 5.41) is 13.5. The quantitative estimate of drug-likeness (QED) is 0.592. The summed E-state index contributed by atoms with van der Waals surface area (Å²) in [6.07, 6.45) is 3.27. The molecule has 0 saturated heterocycles. The monoisotopic (exact) mass is 232 g/mol. The fraction of sp³-hybridized carbons (Fsp3) is 0.417. The first kappa shape index (κ1) is 10.3. The van der Waals surface area contributed by atoms with Gasteiger partial charge in [-0.1, -0.05) is 12.5 Å². The number of nitro groups is 1. The molecule has 1 amide bonds. The Morgan fingerprint density at radius 1 is 1.35 bits per heavy atom. The highest BCUT2D eigenvalue weighted by Gasteiger charge is 2.44. The molecule has 1 N–H and O–H groups in total. The number of nitrogens with zero attached hydrogens (tertiary/aromatic N) is 1. The number of carbonyl (C=O) groups excluding carboxylic acids is 1. The van der Waals surface area contributed by atoms with Gasteiger partial charge in [-0.05, 0) is 18.4 Å². The number of fused-ring (bicyclic) bond motifs is 2. The van der Waals surface area contributed by atoms with E-state index < -0.39 is 4.92 Å². The number of hydrogen-bond donors (Lipinski definition) is 1. The molecule has 1 heterocycles. The molecule has 0 aromatic heterocycles. The third-order valence-electron chi connectivity index (χ3n) is 3.93. The summed E-state index contributed by atoms with van der Waals surface area (Å²) in [5.41, 5.74) is 1.48. The minimum atomic E-state index is -0.463. The van der Waals surface area contributed by atoms with Crippen molar-refractivity contribution in [1.29, 1.82) is 0 Å². The molecular weight excluding hydrogens is 220 g/mol. The zero-order chi connectivity index (χ0) is 12.0. The van der Waals surface area contributed by atoms with Gasteiger partial charge in [0, 0.05) is 29.7 Å². The van der Waals surface area contributed by atoms with Gasteiger partial charge in [-0.3, -0.25) is 14.9 Å². The zero-order valence-corrected chi connectivity index (χ0v) is 9.23. The molecule has 1 fully saturated rings. The predicted octanol–water partition coefficient (Wildman–Crippen LogP) is 1.76. The Hall–Kier alpha value is -1.91. The number of carbonyl (C=O) groups is 1. The second kappa shape index (κ2) is 3.29. The summed E-state index contributed by atoms with van der Waals surface area (Å²) in [6, 6.07) is 4.65. The van der Waals surface area contributed by atoms with Crippen LogP contribution in [-0.2, 0) is 5.41 Å². The number of rotatable bonds is 1. The normalized spacial score (nSPS) is 20.4. The molecule has 1 spiro atoms. The molecule has 0 unspecified atom stereocenters. The first-order chi connectivity index (χ1) is 8.12. The lowest BCUT2D eigenvalue weighted by molar-refractivity contribution is -0.384. The minimum Gasteiger partial charge on any atom is -0.351 e. The van der Waals surface area contributed by atoms with Crippen LogP contribution in [0.4, 0.5) is 5.69 Å². The van der Waals surface area contributed by atoms with Gasteiger partial charge < -0.3 is 5.32 Å². The number of nitro benzene ring substituents is 1. The maximum atomic E-state index is 11.8. The Morgan fingerprint density at radius 3 is 2.71 bits per heavy atom. The van der Waals surface area contributed by atoms with Crippen LogP contribution in [0, 0.1) is 10.1 Å². The van der Waals surface area contributed by atoms with Crippen molar-refractivity contribution in [1.82, 2.24) is 5.32 Å². The highest BCUT2D eigenvalue weighted by Crippen LogP contribution is 2.46. The van der Waals surface area contributed by atoms with E-state index >= 15 is 0 Å². The van der Waals surface area contributed by atoms with Crippen LogP contribution >= 0.6 is 0 Å². The Bertz CT molecular complexity index is 520. The number of benzene rings is 1. The molecule has 1 aromatic rings. The summed E-state index contributed by atoms with van der Waals surface area (Å²) < 4.78 is 0. The van der Waals surface area contributed by atoms with Crippen molar-refractivity contribution in [2.24, 2.45) is 0 Å². The van der Waals surface area contributed by atoms with E-state index in [1.807, 2.05) is 0 Å². The Morgan fingerprint density at radius 2 is 2.12 bits per heavy atom. The van der Waals surface area contributed by atoms with Gasteiger partial charge in [-0.25, -0.2) is 0 Å². The average molecular weight is 232 g/mol. The molecule has 0 bridgehead atoms. The van der Waals surface area contributed by atoms with Crippen molar-refractivity contribution in [2.45, 2.75) is 24.7 Å². The number of non-ortho nitro benzene ring substituents is 1. The van der Waals surface area contributed by atoms with Gasteiger partial charge in [0.15, 0.2) is 0 Å². The van der Waals surface area contributed by atoms with E-state index in [4.69, 9.17) is 0 Å². The fourth-order valence-corrected chi connectivity index (χ4v) is 2.79. The van der Waals surface area contributed by atoms with Crippen molar-refractivity contribution in [3.63, 3.8) is 0 Å². The number of amides is 1. The van der Waals surface area contributed by atoms with Crippen LogP contribution < -0.4 is 5.32 Å². The van der Waals surface area contributed by atoms with Gasteiger partial charge in [0.1, 0.15) is 0 Å². The topological polar surface area (TPSA) is 72.2 Å². The summed E-state index contributed by atoms with van der Waals surface area (Å²) in [5.74, 6) is -0.193. The largest absolute Gasteiger partial charge is 0.351 e. The Labute approximate surface area is 98.0 Å². The molecule has 1 aliphatic carbocycles. The van der Waals surface area contributed by atoms with E-state index in [0.717, 1.165) is 24.8 Å². The molecule has 5 nitrogen and oxygen atoms in total. The maximum Gasteiger partial charge on any atom is 0.270 e. The lowest BCUT2D eigenvalue weighted by Crippen LogP contribution is -2.50.